The Bertz CT molecular complexity index is 1120. The molecule has 0 bridgehead atoms. The molecule has 2 unspecified atom stereocenters. The lowest BCUT2D eigenvalue weighted by Gasteiger charge is -2.53. The smallest absolute Gasteiger partial charge is 0.128 e. The maximum atomic E-state index is 4.73. The number of piperidine rings is 1. The number of aryl methyl sites for hydroxylation is 1. The van der Waals surface area contributed by atoms with E-state index in [1.807, 2.05) is 24.5 Å². The third-order valence-electron chi connectivity index (χ3n) is 8.79. The predicted molar refractivity (Wildman–Crippen MR) is 144 cm³/mol. The number of piperazine rings is 1. The molecule has 4 aliphatic rings. The number of rotatable bonds is 4. The Morgan fingerprint density at radius 3 is 2.56 bits per heavy atom. The topological polar surface area (TPSA) is 50.8 Å². The number of nitrogens with zero attached hydrogens (tertiary/aromatic N) is 6. The van der Waals surface area contributed by atoms with Crippen molar-refractivity contribution in [3.8, 4) is 0 Å². The number of aromatic nitrogens is 2. The highest BCUT2D eigenvalue weighted by Crippen LogP contribution is 2.41. The maximum Gasteiger partial charge on any atom is 0.128 e. The van der Waals surface area contributed by atoms with E-state index >= 15 is 0 Å². The van der Waals surface area contributed by atoms with Gasteiger partial charge in [-0.2, -0.15) is 0 Å². The Labute approximate surface area is 215 Å². The van der Waals surface area contributed by atoms with E-state index in [1.54, 1.807) is 0 Å². The zero-order valence-corrected chi connectivity index (χ0v) is 21.8. The van der Waals surface area contributed by atoms with E-state index in [2.05, 4.69) is 87.3 Å². The molecule has 6 heterocycles. The van der Waals surface area contributed by atoms with Gasteiger partial charge in [0.15, 0.2) is 0 Å². The summed E-state index contributed by atoms with van der Waals surface area (Å²) in [6.45, 7) is 8.72. The molecule has 4 atom stereocenters. The second-order valence-electron chi connectivity index (χ2n) is 10.9. The van der Waals surface area contributed by atoms with Crippen molar-refractivity contribution in [1.29, 1.82) is 0 Å². The van der Waals surface area contributed by atoms with Crippen LogP contribution in [0.25, 0.3) is 0 Å². The van der Waals surface area contributed by atoms with Crippen LogP contribution < -0.4 is 10.2 Å². The lowest BCUT2D eigenvalue weighted by atomic mass is 9.93. The summed E-state index contributed by atoms with van der Waals surface area (Å²) in [4.78, 5) is 19.5. The van der Waals surface area contributed by atoms with Crippen LogP contribution in [0.15, 0.2) is 66.8 Å². The number of fused-ring (bicyclic) bond motifs is 1. The molecule has 2 aromatic heterocycles. The molecule has 0 amide bonds. The summed E-state index contributed by atoms with van der Waals surface area (Å²) in [6.07, 6.45) is 15.9. The van der Waals surface area contributed by atoms with Gasteiger partial charge in [-0.3, -0.25) is 9.88 Å². The van der Waals surface area contributed by atoms with E-state index in [0.29, 0.717) is 12.1 Å². The summed E-state index contributed by atoms with van der Waals surface area (Å²) >= 11 is 0. The second kappa shape index (κ2) is 9.52. The van der Waals surface area contributed by atoms with Crippen LogP contribution >= 0.6 is 0 Å². The predicted octanol–water partition coefficient (Wildman–Crippen LogP) is 3.88. The largest absolute Gasteiger partial charge is 0.354 e. The molecule has 36 heavy (non-hydrogen) atoms. The van der Waals surface area contributed by atoms with Crippen molar-refractivity contribution in [3.63, 3.8) is 0 Å². The number of hydrogen-bond donors (Lipinski definition) is 1. The molecule has 1 N–H and O–H groups in total. The van der Waals surface area contributed by atoms with Crippen molar-refractivity contribution in [2.24, 2.45) is 0 Å². The molecular weight excluding hydrogens is 446 g/mol. The molecule has 2 aromatic rings. The first kappa shape index (κ1) is 23.5. The van der Waals surface area contributed by atoms with Gasteiger partial charge in [0.1, 0.15) is 12.0 Å². The summed E-state index contributed by atoms with van der Waals surface area (Å²) in [5.74, 6) is 1.09. The minimum atomic E-state index is -0.0305. The molecule has 7 heteroatoms. The molecule has 0 spiro atoms. The molecule has 0 aliphatic carbocycles. The van der Waals surface area contributed by atoms with Gasteiger partial charge in [0.2, 0.25) is 0 Å². The van der Waals surface area contributed by atoms with Crippen LogP contribution in [0.2, 0.25) is 0 Å². The molecule has 7 nitrogen and oxygen atoms in total. The summed E-state index contributed by atoms with van der Waals surface area (Å²) in [5.41, 5.74) is 3.86. The first-order chi connectivity index (χ1) is 17.5. The summed E-state index contributed by atoms with van der Waals surface area (Å²) in [7, 11) is 2.27. The van der Waals surface area contributed by atoms with Crippen molar-refractivity contribution in [3.05, 3.63) is 78.0 Å². The van der Waals surface area contributed by atoms with E-state index in [4.69, 9.17) is 4.98 Å². The molecule has 2 fully saturated rings. The van der Waals surface area contributed by atoms with E-state index in [9.17, 15) is 0 Å². The van der Waals surface area contributed by atoms with Crippen LogP contribution in [0.1, 0.15) is 49.9 Å². The Kier molecular flexibility index (Phi) is 6.21. The van der Waals surface area contributed by atoms with Gasteiger partial charge in [0.25, 0.3) is 0 Å². The van der Waals surface area contributed by atoms with Crippen LogP contribution in [-0.4, -0.2) is 75.8 Å². The van der Waals surface area contributed by atoms with Crippen molar-refractivity contribution < 1.29 is 0 Å². The Morgan fingerprint density at radius 1 is 0.972 bits per heavy atom. The highest BCUT2D eigenvalue weighted by atomic mass is 15.5. The van der Waals surface area contributed by atoms with E-state index in [1.165, 1.54) is 29.8 Å². The minimum Gasteiger partial charge on any atom is -0.354 e. The normalized spacial score (nSPS) is 30.9. The Balaban J connectivity index is 1.20. The third-order valence-corrected chi connectivity index (χ3v) is 8.79. The van der Waals surface area contributed by atoms with Gasteiger partial charge in [0.05, 0.1) is 17.4 Å². The molecule has 2 saturated heterocycles. The van der Waals surface area contributed by atoms with Crippen LogP contribution in [0.3, 0.4) is 0 Å². The van der Waals surface area contributed by atoms with Crippen molar-refractivity contribution in [2.75, 3.05) is 38.1 Å². The second-order valence-corrected chi connectivity index (χ2v) is 10.9. The monoisotopic (exact) mass is 485 g/mol. The van der Waals surface area contributed by atoms with Crippen LogP contribution in [0.5, 0.6) is 0 Å². The fraction of sp³-hybridized carbons (Fsp3) is 0.517. The zero-order chi connectivity index (χ0) is 24.7. The van der Waals surface area contributed by atoms with Crippen molar-refractivity contribution in [1.82, 2.24) is 30.0 Å². The number of anilines is 1. The number of likely N-dealkylation sites (N-methyl/N-ethyl adjacent to an activating group) is 1. The molecule has 0 radical (unpaired) electrons. The molecule has 190 valence electrons. The molecule has 4 aliphatic heterocycles. The van der Waals surface area contributed by atoms with Gasteiger partial charge in [-0.25, -0.2) is 4.98 Å². The van der Waals surface area contributed by atoms with E-state index < -0.39 is 0 Å². The quantitative estimate of drug-likeness (QED) is 0.660. The molecule has 0 saturated carbocycles. The first-order valence-electron chi connectivity index (χ1n) is 13.5. The lowest BCUT2D eigenvalue weighted by Crippen LogP contribution is -2.65. The van der Waals surface area contributed by atoms with Gasteiger partial charge < -0.3 is 20.0 Å². The number of nitrogens with one attached hydrogen (secondary N) is 1. The zero-order valence-electron chi connectivity index (χ0n) is 21.8. The number of pyridine rings is 2. The molecule has 0 aromatic carbocycles. The van der Waals surface area contributed by atoms with Gasteiger partial charge in [-0.1, -0.05) is 18.2 Å². The van der Waals surface area contributed by atoms with E-state index in [-0.39, 0.29) is 11.8 Å². The van der Waals surface area contributed by atoms with Gasteiger partial charge in [-0.05, 0) is 62.9 Å². The van der Waals surface area contributed by atoms with Crippen molar-refractivity contribution in [2.45, 2.75) is 63.4 Å². The number of hydrogen-bond acceptors (Lipinski definition) is 7. The summed E-state index contributed by atoms with van der Waals surface area (Å²) in [6, 6.07) is 11.1. The fourth-order valence-corrected chi connectivity index (χ4v) is 6.65. The highest BCUT2D eigenvalue weighted by molar-refractivity contribution is 5.38. The fourth-order valence-electron chi connectivity index (χ4n) is 6.65. The van der Waals surface area contributed by atoms with Crippen LogP contribution in [-0.2, 0) is 0 Å². The van der Waals surface area contributed by atoms with Crippen LogP contribution in [0, 0.1) is 6.92 Å². The van der Waals surface area contributed by atoms with Gasteiger partial charge in [0, 0.05) is 70.0 Å². The maximum absolute atomic E-state index is 4.73. The lowest BCUT2D eigenvalue weighted by molar-refractivity contribution is -0.0510. The van der Waals surface area contributed by atoms with Crippen LogP contribution in [0.4, 0.5) is 5.82 Å². The molecular formula is C29H39N7. The molecule has 6 rings (SSSR count). The van der Waals surface area contributed by atoms with Crippen molar-refractivity contribution >= 4 is 5.82 Å². The Hall–Kier alpha value is -2.90. The van der Waals surface area contributed by atoms with Gasteiger partial charge in [-0.15, -0.1) is 0 Å². The Morgan fingerprint density at radius 2 is 1.78 bits per heavy atom. The SMILES string of the molecule is Cc1cccnc1[C@@H]1CCC[C@H](C2=CN3C(C=CCC3(C)N3CCN(c4ccccn4)CC3)N2C)N1. The third kappa shape index (κ3) is 4.08. The minimum absolute atomic E-state index is 0.0305. The standard InChI is InChI=1S/C29H39N7/c1-22-9-8-16-31-28(22)24-11-6-10-23(32-24)25-21-36-27(33(25)3)13-7-14-29(36,2)35-19-17-34(18-20-35)26-12-4-5-15-30-26/h4-5,7-9,12-13,15-16,21,23-24,27,32H,6,10-11,14,17-20H2,1-3H3/t23-,24+,27?,29?/m1/s1. The first-order valence-corrected chi connectivity index (χ1v) is 13.5. The average molecular weight is 486 g/mol. The summed E-state index contributed by atoms with van der Waals surface area (Å²) < 4.78 is 0. The van der Waals surface area contributed by atoms with E-state index in [0.717, 1.165) is 44.8 Å². The summed E-state index contributed by atoms with van der Waals surface area (Å²) in [5, 5.41) is 3.97. The highest BCUT2D eigenvalue weighted by Gasteiger charge is 2.47. The van der Waals surface area contributed by atoms with Gasteiger partial charge >= 0.3 is 0 Å². The average Bonchev–Trinajstić information content (AvgIpc) is 3.27.